The van der Waals surface area contributed by atoms with Gasteiger partial charge in [0.1, 0.15) is 0 Å². The minimum atomic E-state index is -0.134. The van der Waals surface area contributed by atoms with Crippen molar-refractivity contribution >= 4 is 11.8 Å². The molecule has 3 rings (SSSR count). The second-order valence-corrected chi connectivity index (χ2v) is 7.69. The van der Waals surface area contributed by atoms with Crippen molar-refractivity contribution in [1.82, 2.24) is 9.80 Å². The molecule has 29 heavy (non-hydrogen) atoms. The van der Waals surface area contributed by atoms with E-state index in [0.29, 0.717) is 32.6 Å². The molecule has 1 aliphatic heterocycles. The van der Waals surface area contributed by atoms with E-state index >= 15 is 0 Å². The molecule has 1 atom stereocenters. The van der Waals surface area contributed by atoms with Crippen LogP contribution in [-0.2, 0) is 22.4 Å². The van der Waals surface area contributed by atoms with E-state index in [-0.39, 0.29) is 17.7 Å². The van der Waals surface area contributed by atoms with Crippen LogP contribution in [0.25, 0.3) is 0 Å². The minimum absolute atomic E-state index is 0.100. The van der Waals surface area contributed by atoms with E-state index in [0.717, 1.165) is 31.4 Å². The number of rotatable bonds is 8. The zero-order valence-electron chi connectivity index (χ0n) is 17.0. The highest BCUT2D eigenvalue weighted by atomic mass is 16.2. The summed E-state index contributed by atoms with van der Waals surface area (Å²) in [6, 6.07) is 20.0. The van der Waals surface area contributed by atoms with E-state index in [9.17, 15) is 9.59 Å². The first-order valence-electron chi connectivity index (χ1n) is 10.5. The molecule has 5 heteroatoms. The van der Waals surface area contributed by atoms with Crippen LogP contribution >= 0.6 is 0 Å². The third kappa shape index (κ3) is 6.16. The fraction of sp³-hybridized carbons (Fsp3) is 0.417. The van der Waals surface area contributed by atoms with Gasteiger partial charge in [0.05, 0.1) is 12.3 Å². The average molecular weight is 394 g/mol. The molecule has 5 nitrogen and oxygen atoms in total. The Labute approximate surface area is 173 Å². The third-order valence-corrected chi connectivity index (χ3v) is 5.55. The lowest BCUT2D eigenvalue weighted by atomic mass is 9.95. The van der Waals surface area contributed by atoms with Crippen molar-refractivity contribution < 1.29 is 9.59 Å². The number of piperidine rings is 1. The maximum absolute atomic E-state index is 13.2. The number of benzene rings is 2. The summed E-state index contributed by atoms with van der Waals surface area (Å²) < 4.78 is 0. The molecular formula is C24H31N3O2. The Morgan fingerprint density at radius 2 is 1.62 bits per heavy atom. The molecule has 0 radical (unpaired) electrons. The molecule has 154 valence electrons. The number of hydrogen-bond acceptors (Lipinski definition) is 3. The third-order valence-electron chi connectivity index (χ3n) is 5.55. The molecule has 0 saturated carbocycles. The number of amides is 2. The fourth-order valence-corrected chi connectivity index (χ4v) is 3.94. The first-order chi connectivity index (χ1) is 14.2. The Morgan fingerprint density at radius 3 is 2.28 bits per heavy atom. The Balaban J connectivity index is 1.58. The molecule has 0 bridgehead atoms. The van der Waals surface area contributed by atoms with Crippen molar-refractivity contribution in [3.8, 4) is 0 Å². The Hall–Kier alpha value is -2.66. The van der Waals surface area contributed by atoms with Gasteiger partial charge in [-0.2, -0.15) is 0 Å². The van der Waals surface area contributed by atoms with E-state index in [4.69, 9.17) is 5.73 Å². The molecule has 1 fully saturated rings. The van der Waals surface area contributed by atoms with Crippen LogP contribution in [0.15, 0.2) is 60.7 Å². The average Bonchev–Trinajstić information content (AvgIpc) is 2.77. The topological polar surface area (TPSA) is 66.6 Å². The Kier molecular flexibility index (Phi) is 7.82. The Morgan fingerprint density at radius 1 is 0.966 bits per heavy atom. The van der Waals surface area contributed by atoms with Gasteiger partial charge < -0.3 is 15.5 Å². The lowest BCUT2D eigenvalue weighted by molar-refractivity contribution is -0.140. The van der Waals surface area contributed by atoms with Gasteiger partial charge in [-0.1, -0.05) is 60.7 Å². The summed E-state index contributed by atoms with van der Waals surface area (Å²) in [5, 5.41) is 0. The largest absolute Gasteiger partial charge is 0.342 e. The maximum Gasteiger partial charge on any atom is 0.227 e. The van der Waals surface area contributed by atoms with Gasteiger partial charge in [0, 0.05) is 32.7 Å². The first kappa shape index (κ1) is 21.1. The Bertz CT molecular complexity index is 779. The highest BCUT2D eigenvalue weighted by molar-refractivity contribution is 5.82. The van der Waals surface area contributed by atoms with Gasteiger partial charge in [-0.15, -0.1) is 0 Å². The molecule has 0 spiro atoms. The van der Waals surface area contributed by atoms with Crippen LogP contribution < -0.4 is 5.73 Å². The van der Waals surface area contributed by atoms with Crippen LogP contribution in [0.5, 0.6) is 0 Å². The number of nitrogens with zero attached hydrogens (tertiary/aromatic N) is 2. The molecule has 1 aliphatic rings. The molecule has 1 unspecified atom stereocenters. The summed E-state index contributed by atoms with van der Waals surface area (Å²) in [5.41, 5.74) is 7.99. The van der Waals surface area contributed by atoms with E-state index in [1.165, 1.54) is 5.56 Å². The molecule has 0 aromatic heterocycles. The van der Waals surface area contributed by atoms with Crippen molar-refractivity contribution in [1.29, 1.82) is 0 Å². The SMILES string of the molecule is NCCN(CCc1ccccc1)C(=O)C1CCCN(C(=O)Cc2ccccc2)C1. The zero-order valence-corrected chi connectivity index (χ0v) is 17.0. The standard InChI is InChI=1S/C24H31N3O2/c25-14-17-26(16-13-20-8-3-1-4-9-20)24(29)22-12-7-15-27(19-22)23(28)18-21-10-5-2-6-11-21/h1-6,8-11,22H,7,12-19,25H2. The smallest absolute Gasteiger partial charge is 0.227 e. The molecule has 2 aromatic rings. The fourth-order valence-electron chi connectivity index (χ4n) is 3.94. The van der Waals surface area contributed by atoms with Crippen LogP contribution in [0.2, 0.25) is 0 Å². The molecule has 0 aliphatic carbocycles. The number of carbonyl (C=O) groups is 2. The van der Waals surface area contributed by atoms with E-state index in [2.05, 4.69) is 12.1 Å². The van der Waals surface area contributed by atoms with Crippen LogP contribution in [0.4, 0.5) is 0 Å². The summed E-state index contributed by atoms with van der Waals surface area (Å²) in [4.78, 5) is 29.6. The zero-order chi connectivity index (χ0) is 20.5. The number of carbonyl (C=O) groups excluding carboxylic acids is 2. The summed E-state index contributed by atoms with van der Waals surface area (Å²) in [6.45, 7) is 2.91. The van der Waals surface area contributed by atoms with Gasteiger partial charge >= 0.3 is 0 Å². The van der Waals surface area contributed by atoms with Crippen LogP contribution in [0.3, 0.4) is 0 Å². The van der Waals surface area contributed by atoms with Gasteiger partial charge in [-0.05, 0) is 30.4 Å². The summed E-state index contributed by atoms with van der Waals surface area (Å²) in [7, 11) is 0. The number of likely N-dealkylation sites (tertiary alicyclic amines) is 1. The number of hydrogen-bond donors (Lipinski definition) is 1. The highest BCUT2D eigenvalue weighted by Crippen LogP contribution is 2.20. The molecule has 1 heterocycles. The summed E-state index contributed by atoms with van der Waals surface area (Å²) in [6.07, 6.45) is 2.91. The molecule has 2 aromatic carbocycles. The van der Waals surface area contributed by atoms with Gasteiger partial charge in [0.15, 0.2) is 0 Å². The lowest BCUT2D eigenvalue weighted by Crippen LogP contribution is -2.48. The van der Waals surface area contributed by atoms with E-state index in [1.54, 1.807) is 0 Å². The number of nitrogens with two attached hydrogens (primary N) is 1. The minimum Gasteiger partial charge on any atom is -0.342 e. The quantitative estimate of drug-likeness (QED) is 0.749. The predicted octanol–water partition coefficient (Wildman–Crippen LogP) is 2.50. The van der Waals surface area contributed by atoms with Crippen LogP contribution in [0, 0.1) is 5.92 Å². The second-order valence-electron chi connectivity index (χ2n) is 7.69. The summed E-state index contributed by atoms with van der Waals surface area (Å²) >= 11 is 0. The predicted molar refractivity (Wildman–Crippen MR) is 115 cm³/mol. The van der Waals surface area contributed by atoms with Gasteiger partial charge in [0.25, 0.3) is 0 Å². The molecule has 2 amide bonds. The molecule has 1 saturated heterocycles. The van der Waals surface area contributed by atoms with Gasteiger partial charge in [-0.25, -0.2) is 0 Å². The van der Waals surface area contributed by atoms with Crippen molar-refractivity contribution in [2.45, 2.75) is 25.7 Å². The maximum atomic E-state index is 13.2. The van der Waals surface area contributed by atoms with Gasteiger partial charge in [-0.3, -0.25) is 9.59 Å². The van der Waals surface area contributed by atoms with Crippen molar-refractivity contribution in [3.63, 3.8) is 0 Å². The second kappa shape index (κ2) is 10.8. The van der Waals surface area contributed by atoms with Crippen molar-refractivity contribution in [2.24, 2.45) is 11.7 Å². The summed E-state index contributed by atoms with van der Waals surface area (Å²) in [5.74, 6) is 0.0951. The van der Waals surface area contributed by atoms with Crippen LogP contribution in [0.1, 0.15) is 24.0 Å². The molecule has 2 N–H and O–H groups in total. The molecular weight excluding hydrogens is 362 g/mol. The van der Waals surface area contributed by atoms with Crippen molar-refractivity contribution in [3.05, 3.63) is 71.8 Å². The van der Waals surface area contributed by atoms with E-state index in [1.807, 2.05) is 58.3 Å². The normalized spacial score (nSPS) is 16.4. The van der Waals surface area contributed by atoms with E-state index < -0.39 is 0 Å². The lowest BCUT2D eigenvalue weighted by Gasteiger charge is -2.35. The van der Waals surface area contributed by atoms with Crippen LogP contribution in [-0.4, -0.2) is 54.3 Å². The first-order valence-corrected chi connectivity index (χ1v) is 10.5. The monoisotopic (exact) mass is 393 g/mol. The van der Waals surface area contributed by atoms with Gasteiger partial charge in [0.2, 0.25) is 11.8 Å². The highest BCUT2D eigenvalue weighted by Gasteiger charge is 2.30. The van der Waals surface area contributed by atoms with Crippen molar-refractivity contribution in [2.75, 3.05) is 32.7 Å².